The van der Waals surface area contributed by atoms with Gasteiger partial charge in [0.1, 0.15) is 25.6 Å². The summed E-state index contributed by atoms with van der Waals surface area (Å²) < 4.78 is 25.0. The molecule has 5 fully saturated rings. The number of halogens is 2. The number of carbonyl (C=O) groups excluding carboxylic acids is 2. The second-order valence-corrected chi connectivity index (χ2v) is 10.1. The zero-order valence-electron chi connectivity index (χ0n) is 17.4. The number of nitrogens with one attached hydrogen (secondary N) is 3. The smallest absolute Gasteiger partial charge is 0.246 e. The van der Waals surface area contributed by atoms with Gasteiger partial charge in [0.15, 0.2) is 0 Å². The molecule has 0 aromatic rings. The lowest BCUT2D eigenvalue weighted by atomic mass is 9.71. The second-order valence-electron chi connectivity index (χ2n) is 9.54. The Balaban J connectivity index is 1.14. The standard InChI is InChI=1S/C21H33ClFN3O4/c22-15-5-4-14(9-16(15)23)29-10-17(27)25-20-6-7-21(12-20,13-20)26-18(28)11-30-19-3-1-2-8-24-19/h14-16,19,24H,1-13H2,(H,25,27)(H,26,28). The number of ether oxygens (including phenoxy) is 2. The number of hydrogen-bond donors (Lipinski definition) is 3. The summed E-state index contributed by atoms with van der Waals surface area (Å²) in [4.78, 5) is 24.7. The van der Waals surface area contributed by atoms with Gasteiger partial charge < -0.3 is 20.1 Å². The van der Waals surface area contributed by atoms with Crippen LogP contribution in [0.3, 0.4) is 0 Å². The topological polar surface area (TPSA) is 88.7 Å². The van der Waals surface area contributed by atoms with Crippen molar-refractivity contribution in [2.75, 3.05) is 19.8 Å². The average Bonchev–Trinajstić information content (AvgIpc) is 3.22. The molecule has 2 bridgehead atoms. The van der Waals surface area contributed by atoms with Crippen LogP contribution >= 0.6 is 11.6 Å². The van der Waals surface area contributed by atoms with Crippen LogP contribution in [0.1, 0.15) is 64.2 Å². The fourth-order valence-electron chi connectivity index (χ4n) is 5.57. The summed E-state index contributed by atoms with van der Waals surface area (Å²) in [5.74, 6) is -0.268. The molecule has 1 heterocycles. The van der Waals surface area contributed by atoms with Crippen molar-refractivity contribution in [3.05, 3.63) is 0 Å². The highest BCUT2D eigenvalue weighted by Gasteiger charge is 2.62. The summed E-state index contributed by atoms with van der Waals surface area (Å²) in [5.41, 5.74) is -0.481. The van der Waals surface area contributed by atoms with E-state index < -0.39 is 11.5 Å². The molecule has 9 heteroatoms. The van der Waals surface area contributed by atoms with Crippen LogP contribution in [0.25, 0.3) is 0 Å². The Morgan fingerprint density at radius 3 is 2.27 bits per heavy atom. The van der Waals surface area contributed by atoms with E-state index in [1.165, 1.54) is 0 Å². The number of fused-ring (bicyclic) bond motifs is 1. The van der Waals surface area contributed by atoms with Gasteiger partial charge in [-0.3, -0.25) is 14.9 Å². The van der Waals surface area contributed by atoms with Gasteiger partial charge in [0, 0.05) is 17.5 Å². The Kier molecular flexibility index (Phi) is 6.87. The highest BCUT2D eigenvalue weighted by Crippen LogP contribution is 2.55. The van der Waals surface area contributed by atoms with Crippen molar-refractivity contribution in [2.24, 2.45) is 0 Å². The van der Waals surface area contributed by atoms with Crippen molar-refractivity contribution >= 4 is 23.4 Å². The first-order chi connectivity index (χ1) is 14.4. The van der Waals surface area contributed by atoms with Crippen LogP contribution in [0.15, 0.2) is 0 Å². The minimum Gasteiger partial charge on any atom is -0.368 e. The van der Waals surface area contributed by atoms with Crippen molar-refractivity contribution in [3.8, 4) is 0 Å². The van der Waals surface area contributed by atoms with Crippen LogP contribution < -0.4 is 16.0 Å². The largest absolute Gasteiger partial charge is 0.368 e. The Bertz CT molecular complexity index is 640. The van der Waals surface area contributed by atoms with E-state index in [9.17, 15) is 14.0 Å². The normalized spacial score (nSPS) is 40.5. The van der Waals surface area contributed by atoms with Crippen molar-refractivity contribution in [1.82, 2.24) is 16.0 Å². The number of hydrogen-bond acceptors (Lipinski definition) is 5. The van der Waals surface area contributed by atoms with E-state index in [0.29, 0.717) is 12.8 Å². The predicted molar refractivity (Wildman–Crippen MR) is 110 cm³/mol. The molecular formula is C21H33ClFN3O4. The zero-order valence-corrected chi connectivity index (χ0v) is 18.1. The highest BCUT2D eigenvalue weighted by atomic mass is 35.5. The number of rotatable bonds is 8. The van der Waals surface area contributed by atoms with Crippen LogP contribution in [0, 0.1) is 0 Å². The maximum atomic E-state index is 13.7. The predicted octanol–water partition coefficient (Wildman–Crippen LogP) is 1.91. The number of piperidine rings is 1. The first-order valence-corrected chi connectivity index (χ1v) is 11.7. The van der Waals surface area contributed by atoms with E-state index in [1.807, 2.05) is 0 Å². The Labute approximate surface area is 182 Å². The molecule has 0 radical (unpaired) electrons. The van der Waals surface area contributed by atoms with Crippen LogP contribution in [-0.4, -0.2) is 66.5 Å². The lowest BCUT2D eigenvalue weighted by molar-refractivity contribution is -0.134. The van der Waals surface area contributed by atoms with Crippen molar-refractivity contribution in [2.45, 2.75) is 99.2 Å². The van der Waals surface area contributed by atoms with E-state index in [4.69, 9.17) is 21.1 Å². The van der Waals surface area contributed by atoms with Crippen molar-refractivity contribution in [1.29, 1.82) is 0 Å². The molecule has 3 N–H and O–H groups in total. The second kappa shape index (κ2) is 9.27. The maximum Gasteiger partial charge on any atom is 0.246 e. The lowest BCUT2D eigenvalue weighted by Gasteiger charge is -2.48. The summed E-state index contributed by atoms with van der Waals surface area (Å²) in [6.45, 7) is 0.935. The van der Waals surface area contributed by atoms with Crippen molar-refractivity contribution < 1.29 is 23.5 Å². The monoisotopic (exact) mass is 445 g/mol. The SMILES string of the molecule is O=C(COC1CCC(Cl)C(F)C1)NC12CCC(NC(=O)COC3CCCCN3)(C1)C2. The van der Waals surface area contributed by atoms with E-state index in [-0.39, 0.29) is 54.9 Å². The Morgan fingerprint density at radius 1 is 1.00 bits per heavy atom. The average molecular weight is 446 g/mol. The van der Waals surface area contributed by atoms with E-state index in [1.54, 1.807) is 0 Å². The van der Waals surface area contributed by atoms with Crippen LogP contribution in [0.5, 0.6) is 0 Å². The van der Waals surface area contributed by atoms with Gasteiger partial charge >= 0.3 is 0 Å². The molecule has 4 saturated carbocycles. The molecule has 4 aliphatic carbocycles. The van der Waals surface area contributed by atoms with Gasteiger partial charge in [-0.2, -0.15) is 0 Å². The number of alkyl halides is 2. The molecule has 7 nitrogen and oxygen atoms in total. The summed E-state index contributed by atoms with van der Waals surface area (Å²) in [7, 11) is 0. The summed E-state index contributed by atoms with van der Waals surface area (Å²) >= 11 is 5.89. The zero-order chi connectivity index (χ0) is 21.2. The number of carbonyl (C=O) groups is 2. The Hall–Kier alpha value is -0.960. The van der Waals surface area contributed by atoms with Gasteiger partial charge in [-0.05, 0) is 64.3 Å². The molecule has 30 heavy (non-hydrogen) atoms. The molecule has 2 amide bonds. The molecule has 1 saturated heterocycles. The third-order valence-electron chi connectivity index (χ3n) is 7.02. The van der Waals surface area contributed by atoms with Crippen LogP contribution in [-0.2, 0) is 19.1 Å². The van der Waals surface area contributed by atoms with E-state index >= 15 is 0 Å². The third-order valence-corrected chi connectivity index (χ3v) is 7.51. The molecule has 0 spiro atoms. The fourth-order valence-corrected chi connectivity index (χ4v) is 5.80. The molecule has 1 aliphatic heterocycles. The summed E-state index contributed by atoms with van der Waals surface area (Å²) in [6, 6.07) is 0. The molecule has 4 atom stereocenters. The molecule has 0 aromatic heterocycles. The summed E-state index contributed by atoms with van der Waals surface area (Å²) in [6.07, 6.45) is 6.53. The van der Waals surface area contributed by atoms with Gasteiger partial charge in [0.05, 0.1) is 11.5 Å². The van der Waals surface area contributed by atoms with Gasteiger partial charge in [-0.15, -0.1) is 11.6 Å². The van der Waals surface area contributed by atoms with Gasteiger partial charge in [0.2, 0.25) is 11.8 Å². The summed E-state index contributed by atoms with van der Waals surface area (Å²) in [5, 5.41) is 9.03. The first kappa shape index (κ1) is 22.2. The minimum absolute atomic E-state index is 0.0301. The van der Waals surface area contributed by atoms with E-state index in [0.717, 1.165) is 51.5 Å². The minimum atomic E-state index is -1.07. The quantitative estimate of drug-likeness (QED) is 0.497. The van der Waals surface area contributed by atoms with Crippen molar-refractivity contribution in [3.63, 3.8) is 0 Å². The Morgan fingerprint density at radius 2 is 1.67 bits per heavy atom. The molecule has 4 unspecified atom stereocenters. The maximum absolute atomic E-state index is 13.7. The molecule has 5 rings (SSSR count). The third kappa shape index (κ3) is 5.26. The molecule has 170 valence electrons. The van der Waals surface area contributed by atoms with E-state index in [2.05, 4.69) is 16.0 Å². The number of amides is 2. The molecule has 5 aliphatic rings. The first-order valence-electron chi connectivity index (χ1n) is 11.2. The van der Waals surface area contributed by atoms with Crippen LogP contribution in [0.2, 0.25) is 0 Å². The molecular weight excluding hydrogens is 413 g/mol. The van der Waals surface area contributed by atoms with Gasteiger partial charge in [0.25, 0.3) is 0 Å². The molecule has 0 aromatic carbocycles. The highest BCUT2D eigenvalue weighted by molar-refractivity contribution is 6.21. The van der Waals surface area contributed by atoms with Gasteiger partial charge in [-0.1, -0.05) is 0 Å². The van der Waals surface area contributed by atoms with Crippen LogP contribution in [0.4, 0.5) is 4.39 Å². The van der Waals surface area contributed by atoms with Gasteiger partial charge in [-0.25, -0.2) is 4.39 Å². The fraction of sp³-hybridized carbons (Fsp3) is 0.905. The lowest BCUT2D eigenvalue weighted by Crippen LogP contribution is -2.65.